The molecule has 0 saturated carbocycles. The molecule has 2 aromatic rings. The minimum absolute atomic E-state index is 0.276. The van der Waals surface area contributed by atoms with Crippen molar-refractivity contribution in [1.29, 1.82) is 0 Å². The molecule has 0 radical (unpaired) electrons. The molecule has 35 heavy (non-hydrogen) atoms. The number of aromatic nitrogens is 2. The molecular weight excluding hydrogens is 450 g/mol. The van der Waals surface area contributed by atoms with Crippen molar-refractivity contribution in [3.05, 3.63) is 18.5 Å². The van der Waals surface area contributed by atoms with E-state index in [9.17, 15) is 14.4 Å². The summed E-state index contributed by atoms with van der Waals surface area (Å²) in [6, 6.07) is 1.42. The molecule has 11 nitrogen and oxygen atoms in total. The number of nitrogens with zero attached hydrogens (tertiary/aromatic N) is 3. The number of amides is 3. The summed E-state index contributed by atoms with van der Waals surface area (Å²) >= 11 is 0. The number of nitrogens with one attached hydrogen (secondary N) is 3. The van der Waals surface area contributed by atoms with Crippen LogP contribution in [0.1, 0.15) is 40.5 Å². The Bertz CT molecular complexity index is 1110. The van der Waals surface area contributed by atoms with Crippen LogP contribution in [-0.4, -0.2) is 71.4 Å². The third-order valence-electron chi connectivity index (χ3n) is 6.31. The number of fused-ring (bicyclic) bond motifs is 1. The van der Waals surface area contributed by atoms with E-state index in [0.29, 0.717) is 41.7 Å². The average Bonchev–Trinajstić information content (AvgIpc) is 3.31. The second-order valence-corrected chi connectivity index (χ2v) is 9.83. The number of rotatable bonds is 7. The van der Waals surface area contributed by atoms with Gasteiger partial charge in [-0.25, -0.2) is 9.97 Å². The number of ether oxygens (including phenoxy) is 1. The maximum atomic E-state index is 13.6. The van der Waals surface area contributed by atoms with Gasteiger partial charge in [-0.15, -0.1) is 0 Å². The number of nitrogens with two attached hydrogens (primary N) is 1. The zero-order valence-corrected chi connectivity index (χ0v) is 21.1. The van der Waals surface area contributed by atoms with Gasteiger partial charge in [0.2, 0.25) is 17.7 Å². The number of carbonyl (C=O) groups is 3. The van der Waals surface area contributed by atoms with Crippen LogP contribution in [0.25, 0.3) is 10.9 Å². The van der Waals surface area contributed by atoms with Gasteiger partial charge in [-0.3, -0.25) is 14.4 Å². The van der Waals surface area contributed by atoms with Crippen molar-refractivity contribution in [3.63, 3.8) is 0 Å². The van der Waals surface area contributed by atoms with Crippen LogP contribution in [0.4, 0.5) is 11.5 Å². The monoisotopic (exact) mass is 485 g/mol. The first-order valence-electron chi connectivity index (χ1n) is 11.6. The van der Waals surface area contributed by atoms with E-state index in [1.54, 1.807) is 31.0 Å². The highest BCUT2D eigenvalue weighted by Gasteiger charge is 2.42. The molecule has 190 valence electrons. The van der Waals surface area contributed by atoms with E-state index in [4.69, 9.17) is 10.5 Å². The largest absolute Gasteiger partial charge is 0.494 e. The van der Waals surface area contributed by atoms with Crippen LogP contribution >= 0.6 is 0 Å². The number of anilines is 2. The number of likely N-dealkylation sites (tertiary alicyclic amines) is 1. The fourth-order valence-electron chi connectivity index (χ4n) is 4.10. The lowest BCUT2D eigenvalue weighted by Gasteiger charge is -2.36. The Morgan fingerprint density at radius 2 is 1.94 bits per heavy atom. The molecule has 1 aliphatic rings. The van der Waals surface area contributed by atoms with Crippen molar-refractivity contribution in [2.75, 3.05) is 31.8 Å². The van der Waals surface area contributed by atoms with Crippen molar-refractivity contribution in [2.24, 2.45) is 5.41 Å². The first kappa shape index (κ1) is 26.1. The van der Waals surface area contributed by atoms with Crippen molar-refractivity contribution in [2.45, 2.75) is 58.7 Å². The molecule has 3 amide bonds. The quantitative estimate of drug-likeness (QED) is 0.458. The van der Waals surface area contributed by atoms with Crippen molar-refractivity contribution >= 4 is 40.1 Å². The molecule has 2 heterocycles. The molecule has 3 atom stereocenters. The fourth-order valence-corrected chi connectivity index (χ4v) is 4.10. The summed E-state index contributed by atoms with van der Waals surface area (Å²) in [5.41, 5.74) is 6.43. The van der Waals surface area contributed by atoms with Crippen LogP contribution in [0.2, 0.25) is 0 Å². The Hall–Kier alpha value is -3.47. The Kier molecular flexibility index (Phi) is 7.79. The van der Waals surface area contributed by atoms with E-state index in [1.807, 2.05) is 20.8 Å². The van der Waals surface area contributed by atoms with Crippen LogP contribution in [0.3, 0.4) is 0 Å². The number of hydrogen-bond acceptors (Lipinski definition) is 8. The average molecular weight is 486 g/mol. The molecule has 0 aliphatic carbocycles. The fraction of sp³-hybridized carbons (Fsp3) is 0.542. The van der Waals surface area contributed by atoms with Crippen LogP contribution in [-0.2, 0) is 14.4 Å². The second kappa shape index (κ2) is 10.4. The number of likely N-dealkylation sites (N-methyl/N-ethyl adjacent to an activating group) is 1. The Morgan fingerprint density at radius 3 is 2.57 bits per heavy atom. The van der Waals surface area contributed by atoms with Crippen LogP contribution < -0.4 is 26.4 Å². The van der Waals surface area contributed by atoms with Gasteiger partial charge in [-0.1, -0.05) is 20.8 Å². The molecule has 1 aromatic heterocycles. The summed E-state index contributed by atoms with van der Waals surface area (Å²) in [5, 5.41) is 9.21. The molecule has 0 unspecified atom stereocenters. The topological polar surface area (TPSA) is 152 Å². The van der Waals surface area contributed by atoms with Gasteiger partial charge >= 0.3 is 0 Å². The number of benzene rings is 1. The normalized spacial score (nSPS) is 17.7. The highest BCUT2D eigenvalue weighted by Crippen LogP contribution is 2.32. The summed E-state index contributed by atoms with van der Waals surface area (Å²) in [4.78, 5) is 49.3. The van der Waals surface area contributed by atoms with Crippen LogP contribution in [0, 0.1) is 5.41 Å². The predicted octanol–water partition coefficient (Wildman–Crippen LogP) is 1.29. The number of methoxy groups -OCH3 is 1. The molecule has 1 saturated heterocycles. The summed E-state index contributed by atoms with van der Waals surface area (Å²) in [6.45, 7) is 7.81. The van der Waals surface area contributed by atoms with Gasteiger partial charge < -0.3 is 31.3 Å². The van der Waals surface area contributed by atoms with E-state index in [2.05, 4.69) is 25.9 Å². The van der Waals surface area contributed by atoms with E-state index in [-0.39, 0.29) is 23.5 Å². The van der Waals surface area contributed by atoms with Gasteiger partial charge in [-0.05, 0) is 38.3 Å². The number of nitrogen functional groups attached to an aromatic ring is 1. The molecule has 3 rings (SSSR count). The third-order valence-corrected chi connectivity index (χ3v) is 6.31. The zero-order chi connectivity index (χ0) is 25.9. The predicted molar refractivity (Wildman–Crippen MR) is 134 cm³/mol. The molecule has 1 aromatic carbocycles. The maximum Gasteiger partial charge on any atom is 0.247 e. The Morgan fingerprint density at radius 1 is 1.23 bits per heavy atom. The van der Waals surface area contributed by atoms with Crippen molar-refractivity contribution in [1.82, 2.24) is 25.5 Å². The minimum atomic E-state index is -0.786. The first-order chi connectivity index (χ1) is 16.5. The van der Waals surface area contributed by atoms with E-state index in [1.165, 1.54) is 13.4 Å². The number of carbonyl (C=O) groups excluding carboxylic acids is 3. The van der Waals surface area contributed by atoms with Gasteiger partial charge in [0.15, 0.2) is 0 Å². The number of hydrogen-bond donors (Lipinski definition) is 4. The van der Waals surface area contributed by atoms with Crippen LogP contribution in [0.15, 0.2) is 18.5 Å². The van der Waals surface area contributed by atoms with Gasteiger partial charge in [0.25, 0.3) is 0 Å². The van der Waals surface area contributed by atoms with Gasteiger partial charge in [-0.2, -0.15) is 0 Å². The van der Waals surface area contributed by atoms with E-state index in [0.717, 1.165) is 0 Å². The molecule has 0 spiro atoms. The lowest BCUT2D eigenvalue weighted by molar-refractivity contribution is -0.143. The first-order valence-corrected chi connectivity index (χ1v) is 11.6. The molecular formula is C24H35N7O4. The van der Waals surface area contributed by atoms with E-state index < -0.39 is 23.5 Å². The Labute approximate surface area is 205 Å². The molecule has 1 aliphatic heterocycles. The lowest BCUT2D eigenvalue weighted by atomic mass is 9.85. The third kappa shape index (κ3) is 5.61. The summed E-state index contributed by atoms with van der Waals surface area (Å²) in [6.07, 6.45) is 2.55. The standard InChI is InChI=1S/C24H35N7O4/c1-13(26-5)21(32)30-19(24(2,3)4)23(34)31-9-7-8-17(31)22(33)29-16-10-14-15(11-18(16)35-6)27-12-28-20(14)25/h10-13,17,19,26H,7-9H2,1-6H3,(H,29,33)(H,30,32)(H2,25,27,28)/t13-,17-,19+/m0/s1. The van der Waals surface area contributed by atoms with Gasteiger partial charge in [0, 0.05) is 18.0 Å². The lowest BCUT2D eigenvalue weighted by Crippen LogP contribution is -2.59. The van der Waals surface area contributed by atoms with Gasteiger partial charge in [0.05, 0.1) is 24.4 Å². The van der Waals surface area contributed by atoms with Crippen molar-refractivity contribution < 1.29 is 19.1 Å². The summed E-state index contributed by atoms with van der Waals surface area (Å²) in [7, 11) is 3.18. The SMILES string of the molecule is CN[C@@H](C)C(=O)N[C@H](C(=O)N1CCC[C@H]1C(=O)Nc1cc2c(N)ncnc2cc1OC)C(C)(C)C. The highest BCUT2D eigenvalue weighted by molar-refractivity contribution is 6.02. The minimum Gasteiger partial charge on any atom is -0.494 e. The van der Waals surface area contributed by atoms with Crippen molar-refractivity contribution in [3.8, 4) is 5.75 Å². The smallest absolute Gasteiger partial charge is 0.247 e. The molecule has 5 N–H and O–H groups in total. The van der Waals surface area contributed by atoms with E-state index >= 15 is 0 Å². The molecule has 1 fully saturated rings. The highest BCUT2D eigenvalue weighted by atomic mass is 16.5. The Balaban J connectivity index is 1.85. The summed E-state index contributed by atoms with van der Waals surface area (Å²) < 4.78 is 5.44. The zero-order valence-electron chi connectivity index (χ0n) is 21.1. The molecule has 11 heteroatoms. The summed E-state index contributed by atoms with van der Waals surface area (Å²) in [5.74, 6) is -0.200. The maximum absolute atomic E-state index is 13.6. The second-order valence-electron chi connectivity index (χ2n) is 9.83. The van der Waals surface area contributed by atoms with Gasteiger partial charge in [0.1, 0.15) is 30.0 Å². The van der Waals surface area contributed by atoms with Crippen LogP contribution in [0.5, 0.6) is 5.75 Å². The molecule has 0 bridgehead atoms.